The predicted octanol–water partition coefficient (Wildman–Crippen LogP) is 6.61. The Bertz CT molecular complexity index is 1470. The molecule has 186 valence electrons. The molecule has 1 heterocycles. The highest BCUT2D eigenvalue weighted by molar-refractivity contribution is 5.88. The van der Waals surface area contributed by atoms with Crippen LogP contribution in [0.4, 0.5) is 4.39 Å². The number of aromatic nitrogens is 2. The van der Waals surface area contributed by atoms with Gasteiger partial charge in [-0.15, -0.1) is 0 Å². The Morgan fingerprint density at radius 3 is 2.08 bits per heavy atom. The fourth-order valence-electron chi connectivity index (χ4n) is 3.69. The van der Waals surface area contributed by atoms with Crippen LogP contribution in [0.15, 0.2) is 84.9 Å². The van der Waals surface area contributed by atoms with Crippen molar-refractivity contribution in [3.05, 3.63) is 102 Å². The summed E-state index contributed by atoms with van der Waals surface area (Å²) in [5.41, 5.74) is 4.81. The van der Waals surface area contributed by atoms with Gasteiger partial charge >= 0.3 is 11.9 Å². The number of H-pyrrole nitrogens is 1. The van der Waals surface area contributed by atoms with Crippen LogP contribution in [0.5, 0.6) is 0 Å². The molecule has 2 N–H and O–H groups in total. The SMILES string of the molecule is CC(C)OC(=O)/C=C/c1ccc(-c2[nH]c(-c3ccccc3F)nc2-c2ccc(/C=C/C(=O)O)cc2)cc1. The van der Waals surface area contributed by atoms with E-state index in [1.165, 1.54) is 18.2 Å². The van der Waals surface area contributed by atoms with Crippen molar-refractivity contribution in [2.45, 2.75) is 20.0 Å². The quantitative estimate of drug-likeness (QED) is 0.211. The molecule has 0 saturated carbocycles. The minimum absolute atomic E-state index is 0.191. The van der Waals surface area contributed by atoms with Crippen molar-refractivity contribution >= 4 is 24.1 Å². The van der Waals surface area contributed by atoms with Gasteiger partial charge < -0.3 is 14.8 Å². The Hall–Kier alpha value is -4.78. The minimum atomic E-state index is -1.02. The number of hydrogen-bond acceptors (Lipinski definition) is 4. The van der Waals surface area contributed by atoms with Gasteiger partial charge in [-0.1, -0.05) is 60.7 Å². The zero-order valence-corrected chi connectivity index (χ0v) is 20.3. The first-order valence-electron chi connectivity index (χ1n) is 11.7. The number of esters is 1. The topological polar surface area (TPSA) is 92.3 Å². The number of carbonyl (C=O) groups excluding carboxylic acids is 1. The van der Waals surface area contributed by atoms with Gasteiger partial charge in [0.05, 0.1) is 23.1 Å². The summed E-state index contributed by atoms with van der Waals surface area (Å²) in [6.07, 6.45) is 5.45. The van der Waals surface area contributed by atoms with Crippen molar-refractivity contribution in [3.8, 4) is 33.9 Å². The van der Waals surface area contributed by atoms with Crippen molar-refractivity contribution in [2.24, 2.45) is 0 Å². The van der Waals surface area contributed by atoms with Crippen LogP contribution in [-0.4, -0.2) is 33.1 Å². The third kappa shape index (κ3) is 6.46. The monoisotopic (exact) mass is 496 g/mol. The highest BCUT2D eigenvalue weighted by Crippen LogP contribution is 2.34. The molecule has 0 aliphatic heterocycles. The van der Waals surface area contributed by atoms with Crippen LogP contribution < -0.4 is 0 Å². The average molecular weight is 497 g/mol. The number of benzene rings is 3. The van der Waals surface area contributed by atoms with Crippen LogP contribution in [0.1, 0.15) is 25.0 Å². The molecular formula is C30H25FN2O4. The second-order valence-corrected chi connectivity index (χ2v) is 8.52. The van der Waals surface area contributed by atoms with Crippen molar-refractivity contribution in [3.63, 3.8) is 0 Å². The first kappa shape index (κ1) is 25.3. The van der Waals surface area contributed by atoms with E-state index in [1.807, 2.05) is 36.4 Å². The largest absolute Gasteiger partial charge is 0.478 e. The van der Waals surface area contributed by atoms with Crippen molar-refractivity contribution in [2.75, 3.05) is 0 Å². The highest BCUT2D eigenvalue weighted by Gasteiger charge is 2.17. The summed E-state index contributed by atoms with van der Waals surface area (Å²) in [4.78, 5) is 30.6. The summed E-state index contributed by atoms with van der Waals surface area (Å²) < 4.78 is 19.7. The Morgan fingerprint density at radius 2 is 1.49 bits per heavy atom. The predicted molar refractivity (Wildman–Crippen MR) is 142 cm³/mol. The lowest BCUT2D eigenvalue weighted by atomic mass is 10.0. The maximum absolute atomic E-state index is 14.5. The molecule has 37 heavy (non-hydrogen) atoms. The fraction of sp³-hybridized carbons (Fsp3) is 0.100. The number of nitrogens with zero attached hydrogens (tertiary/aromatic N) is 1. The van der Waals surface area contributed by atoms with E-state index in [-0.39, 0.29) is 6.10 Å². The van der Waals surface area contributed by atoms with Crippen molar-refractivity contribution < 1.29 is 23.8 Å². The number of carboxylic acids is 1. The lowest BCUT2D eigenvalue weighted by molar-refractivity contribution is -0.141. The molecule has 7 heteroatoms. The van der Waals surface area contributed by atoms with Crippen LogP contribution in [0.2, 0.25) is 0 Å². The number of halogens is 1. The van der Waals surface area contributed by atoms with Gasteiger partial charge in [-0.2, -0.15) is 0 Å². The molecule has 0 unspecified atom stereocenters. The summed E-state index contributed by atoms with van der Waals surface area (Å²) in [6, 6.07) is 21.2. The van der Waals surface area contributed by atoms with Crippen LogP contribution in [0.3, 0.4) is 0 Å². The number of ether oxygens (including phenoxy) is 1. The van der Waals surface area contributed by atoms with E-state index < -0.39 is 17.8 Å². The standard InChI is InChI=1S/C30H25FN2O4/c1-19(2)37-27(36)18-12-21-9-15-23(16-10-21)29-28(22-13-7-20(8-14-22)11-17-26(34)35)32-30(33-29)24-5-3-4-6-25(24)31/h3-19H,1-2H3,(H,32,33)(H,34,35)/b17-11+,18-12+. The molecule has 0 bridgehead atoms. The molecule has 0 atom stereocenters. The number of carbonyl (C=O) groups is 2. The van der Waals surface area contributed by atoms with E-state index in [1.54, 1.807) is 50.3 Å². The molecule has 0 spiro atoms. The number of rotatable bonds is 8. The maximum atomic E-state index is 14.5. The van der Waals surface area contributed by atoms with Crippen LogP contribution in [-0.2, 0) is 14.3 Å². The Kier molecular flexibility index (Phi) is 7.74. The number of aliphatic carboxylic acids is 1. The number of aromatic amines is 1. The third-order valence-electron chi connectivity index (χ3n) is 5.40. The zero-order valence-electron chi connectivity index (χ0n) is 20.3. The molecule has 4 aromatic rings. The molecule has 3 aromatic carbocycles. The molecule has 0 saturated heterocycles. The molecule has 1 aromatic heterocycles. The lowest BCUT2D eigenvalue weighted by Gasteiger charge is -2.05. The van der Waals surface area contributed by atoms with Crippen LogP contribution in [0, 0.1) is 5.82 Å². The van der Waals surface area contributed by atoms with Gasteiger partial charge in [0.1, 0.15) is 11.6 Å². The van der Waals surface area contributed by atoms with E-state index in [4.69, 9.17) is 14.8 Å². The van der Waals surface area contributed by atoms with Gasteiger partial charge in [-0.3, -0.25) is 0 Å². The van der Waals surface area contributed by atoms with E-state index in [0.717, 1.165) is 28.3 Å². The van der Waals surface area contributed by atoms with Gasteiger partial charge in [-0.05, 0) is 49.3 Å². The summed E-state index contributed by atoms with van der Waals surface area (Å²) >= 11 is 0. The van der Waals surface area contributed by atoms with Gasteiger partial charge in [-0.25, -0.2) is 19.0 Å². The summed E-state index contributed by atoms with van der Waals surface area (Å²) in [5.74, 6) is -1.44. The lowest BCUT2D eigenvalue weighted by Crippen LogP contribution is -2.08. The van der Waals surface area contributed by atoms with Gasteiger partial charge in [0.25, 0.3) is 0 Å². The maximum Gasteiger partial charge on any atom is 0.331 e. The Morgan fingerprint density at radius 1 is 0.892 bits per heavy atom. The number of nitrogens with one attached hydrogen (secondary N) is 1. The normalized spacial score (nSPS) is 11.5. The summed E-state index contributed by atoms with van der Waals surface area (Å²) in [6.45, 7) is 3.58. The molecule has 4 rings (SSSR count). The first-order valence-corrected chi connectivity index (χ1v) is 11.7. The summed E-state index contributed by atoms with van der Waals surface area (Å²) in [7, 11) is 0. The second-order valence-electron chi connectivity index (χ2n) is 8.52. The van der Waals surface area contributed by atoms with E-state index >= 15 is 0 Å². The van der Waals surface area contributed by atoms with Crippen molar-refractivity contribution in [1.82, 2.24) is 9.97 Å². The number of imidazole rings is 1. The van der Waals surface area contributed by atoms with Crippen LogP contribution >= 0.6 is 0 Å². The van der Waals surface area contributed by atoms with Crippen LogP contribution in [0.25, 0.3) is 46.1 Å². The number of hydrogen-bond donors (Lipinski definition) is 2. The number of carboxylic acid groups (broad SMARTS) is 1. The molecular weight excluding hydrogens is 471 g/mol. The van der Waals surface area contributed by atoms with E-state index in [0.29, 0.717) is 22.8 Å². The van der Waals surface area contributed by atoms with Gasteiger partial charge in [0.2, 0.25) is 0 Å². The zero-order chi connectivity index (χ0) is 26.4. The average Bonchev–Trinajstić information content (AvgIpc) is 3.32. The molecule has 0 fully saturated rings. The minimum Gasteiger partial charge on any atom is -0.478 e. The Labute approximate surface area is 213 Å². The molecule has 0 aliphatic rings. The fourth-order valence-corrected chi connectivity index (χ4v) is 3.69. The van der Waals surface area contributed by atoms with E-state index in [9.17, 15) is 14.0 Å². The molecule has 0 radical (unpaired) electrons. The first-order chi connectivity index (χ1) is 17.8. The Balaban J connectivity index is 1.71. The van der Waals surface area contributed by atoms with E-state index in [2.05, 4.69) is 4.98 Å². The third-order valence-corrected chi connectivity index (χ3v) is 5.40. The highest BCUT2D eigenvalue weighted by atomic mass is 19.1. The van der Waals surface area contributed by atoms with Gasteiger partial charge in [0.15, 0.2) is 0 Å². The molecule has 0 aliphatic carbocycles. The van der Waals surface area contributed by atoms with Crippen molar-refractivity contribution in [1.29, 1.82) is 0 Å². The molecule has 0 amide bonds. The van der Waals surface area contributed by atoms with Gasteiger partial charge in [0, 0.05) is 23.3 Å². The molecule has 6 nitrogen and oxygen atoms in total. The summed E-state index contributed by atoms with van der Waals surface area (Å²) in [5, 5.41) is 8.86. The smallest absolute Gasteiger partial charge is 0.331 e. The second kappa shape index (κ2) is 11.3.